The van der Waals surface area contributed by atoms with Crippen molar-refractivity contribution in [3.05, 3.63) is 28.8 Å². The van der Waals surface area contributed by atoms with Crippen LogP contribution in [-0.4, -0.2) is 24.4 Å². The average Bonchev–Trinajstić information content (AvgIpc) is 2.23. The molecule has 1 aromatic rings. The Balaban J connectivity index is 2.84. The molecule has 1 aromatic carbocycles. The van der Waals surface area contributed by atoms with Gasteiger partial charge in [0.2, 0.25) is 0 Å². The summed E-state index contributed by atoms with van der Waals surface area (Å²) in [5, 5.41) is 8.85. The van der Waals surface area contributed by atoms with Crippen LogP contribution in [0.2, 0.25) is 5.02 Å². The Bertz CT molecular complexity index is 419. The van der Waals surface area contributed by atoms with Gasteiger partial charge in [0.15, 0.2) is 0 Å². The van der Waals surface area contributed by atoms with Crippen molar-refractivity contribution in [2.24, 2.45) is 0 Å². The van der Waals surface area contributed by atoms with E-state index in [0.717, 1.165) is 0 Å². The van der Waals surface area contributed by atoms with Gasteiger partial charge in [-0.1, -0.05) is 11.6 Å². The number of nitrogens with two attached hydrogens (primary N) is 1. The number of nitrogens with zero attached hydrogens (tertiary/aromatic N) is 2. The molecule has 84 valence electrons. The molecule has 0 spiro atoms. The number of carbonyl (C=O) groups is 1. The number of hydrogen-bond acceptors (Lipinski definition) is 3. The quantitative estimate of drug-likeness (QED) is 0.817. The molecule has 0 aliphatic rings. The highest BCUT2D eigenvalue weighted by Gasteiger charge is 2.12. The smallest absolute Gasteiger partial charge is 0.253 e. The monoisotopic (exact) mass is 237 g/mol. The van der Waals surface area contributed by atoms with Crippen molar-refractivity contribution in [3.8, 4) is 6.07 Å². The van der Waals surface area contributed by atoms with E-state index < -0.39 is 0 Å². The number of carbonyl (C=O) groups excluding carboxylic acids is 1. The zero-order valence-electron chi connectivity index (χ0n) is 8.90. The van der Waals surface area contributed by atoms with Gasteiger partial charge < -0.3 is 10.6 Å². The minimum absolute atomic E-state index is 0.190. The van der Waals surface area contributed by atoms with E-state index in [-0.39, 0.29) is 5.91 Å². The molecule has 0 aromatic heterocycles. The number of benzene rings is 1. The Labute approximate surface area is 99.2 Å². The first-order valence-corrected chi connectivity index (χ1v) is 5.11. The summed E-state index contributed by atoms with van der Waals surface area (Å²) >= 11 is 5.80. The summed E-state index contributed by atoms with van der Waals surface area (Å²) in [6.45, 7) is 0.391. The van der Waals surface area contributed by atoms with Crippen LogP contribution in [0.15, 0.2) is 18.2 Å². The van der Waals surface area contributed by atoms with Gasteiger partial charge in [0.05, 0.1) is 12.5 Å². The Morgan fingerprint density at radius 2 is 2.25 bits per heavy atom. The van der Waals surface area contributed by atoms with Gasteiger partial charge in [-0.25, -0.2) is 0 Å². The molecule has 1 amide bonds. The van der Waals surface area contributed by atoms with Crippen molar-refractivity contribution in [1.29, 1.82) is 5.26 Å². The van der Waals surface area contributed by atoms with E-state index in [1.807, 2.05) is 6.07 Å². The third-order valence-corrected chi connectivity index (χ3v) is 2.29. The van der Waals surface area contributed by atoms with Crippen molar-refractivity contribution in [1.82, 2.24) is 4.90 Å². The van der Waals surface area contributed by atoms with E-state index in [2.05, 4.69) is 0 Å². The summed E-state index contributed by atoms with van der Waals surface area (Å²) in [6, 6.07) is 6.69. The summed E-state index contributed by atoms with van der Waals surface area (Å²) < 4.78 is 0. The third-order valence-electron chi connectivity index (χ3n) is 2.07. The van der Waals surface area contributed by atoms with Gasteiger partial charge in [-0.15, -0.1) is 0 Å². The van der Waals surface area contributed by atoms with Gasteiger partial charge in [0.1, 0.15) is 0 Å². The van der Waals surface area contributed by atoms with Gasteiger partial charge in [-0.2, -0.15) is 5.26 Å². The first-order chi connectivity index (χ1) is 7.54. The predicted molar refractivity (Wildman–Crippen MR) is 63.1 cm³/mol. The van der Waals surface area contributed by atoms with E-state index in [0.29, 0.717) is 29.2 Å². The first-order valence-electron chi connectivity index (χ1n) is 4.73. The molecule has 5 heteroatoms. The summed E-state index contributed by atoms with van der Waals surface area (Å²) in [7, 11) is 1.64. The van der Waals surface area contributed by atoms with Crippen molar-refractivity contribution >= 4 is 23.2 Å². The molecule has 0 fully saturated rings. The van der Waals surface area contributed by atoms with Gasteiger partial charge in [0, 0.05) is 29.9 Å². The molecule has 0 bridgehead atoms. The molecular formula is C11H12ClN3O. The molecule has 0 heterocycles. The second kappa shape index (κ2) is 5.38. The van der Waals surface area contributed by atoms with Crippen molar-refractivity contribution in [3.63, 3.8) is 0 Å². The topological polar surface area (TPSA) is 70.1 Å². The molecule has 4 nitrogen and oxygen atoms in total. The Hall–Kier alpha value is -1.73. The van der Waals surface area contributed by atoms with Crippen LogP contribution in [0.4, 0.5) is 5.69 Å². The van der Waals surface area contributed by atoms with Crippen molar-refractivity contribution < 1.29 is 4.79 Å². The standard InChI is InChI=1S/C11H12ClN3O/c1-15(4-2-3-13)11(16)8-5-9(12)7-10(14)6-8/h5-7H,2,4,14H2,1H3. The lowest BCUT2D eigenvalue weighted by Gasteiger charge is -2.15. The molecule has 16 heavy (non-hydrogen) atoms. The van der Waals surface area contributed by atoms with Gasteiger partial charge in [0.25, 0.3) is 5.91 Å². The Morgan fingerprint density at radius 3 is 2.81 bits per heavy atom. The zero-order valence-corrected chi connectivity index (χ0v) is 9.66. The van der Waals surface area contributed by atoms with E-state index >= 15 is 0 Å². The predicted octanol–water partition coefficient (Wildman–Crippen LogP) is 1.91. The van der Waals surface area contributed by atoms with Crippen LogP contribution in [0.25, 0.3) is 0 Å². The summed E-state index contributed by atoms with van der Waals surface area (Å²) in [5.41, 5.74) is 6.47. The molecule has 0 aliphatic carbocycles. The lowest BCUT2D eigenvalue weighted by atomic mass is 10.2. The number of halogens is 1. The summed E-state index contributed by atoms with van der Waals surface area (Å²) in [5.74, 6) is -0.190. The molecule has 0 unspecified atom stereocenters. The highest BCUT2D eigenvalue weighted by Crippen LogP contribution is 2.17. The molecule has 0 saturated carbocycles. The van der Waals surface area contributed by atoms with Crippen LogP contribution < -0.4 is 5.73 Å². The number of nitriles is 1. The number of hydrogen-bond donors (Lipinski definition) is 1. The third kappa shape index (κ3) is 3.14. The molecular weight excluding hydrogens is 226 g/mol. The second-order valence-corrected chi connectivity index (χ2v) is 3.84. The average molecular weight is 238 g/mol. The second-order valence-electron chi connectivity index (χ2n) is 3.41. The molecule has 0 radical (unpaired) electrons. The normalized spacial score (nSPS) is 9.56. The Kier molecular flexibility index (Phi) is 4.15. The fourth-order valence-corrected chi connectivity index (χ4v) is 1.52. The Morgan fingerprint density at radius 1 is 1.56 bits per heavy atom. The van der Waals surface area contributed by atoms with Crippen molar-refractivity contribution in [2.45, 2.75) is 6.42 Å². The van der Waals surface area contributed by atoms with Gasteiger partial charge in [-0.3, -0.25) is 4.79 Å². The number of nitrogen functional groups attached to an aromatic ring is 1. The maximum Gasteiger partial charge on any atom is 0.253 e. The summed E-state index contributed by atoms with van der Waals surface area (Å²) in [4.78, 5) is 13.3. The van der Waals surface area contributed by atoms with E-state index in [9.17, 15) is 4.79 Å². The van der Waals surface area contributed by atoms with Crippen LogP contribution in [-0.2, 0) is 0 Å². The zero-order chi connectivity index (χ0) is 12.1. The minimum Gasteiger partial charge on any atom is -0.399 e. The fourth-order valence-electron chi connectivity index (χ4n) is 1.28. The number of rotatable bonds is 3. The number of amides is 1. The van der Waals surface area contributed by atoms with Gasteiger partial charge in [-0.05, 0) is 18.2 Å². The van der Waals surface area contributed by atoms with Gasteiger partial charge >= 0.3 is 0 Å². The first kappa shape index (κ1) is 12.3. The lowest BCUT2D eigenvalue weighted by molar-refractivity contribution is 0.0798. The molecule has 0 aliphatic heterocycles. The minimum atomic E-state index is -0.190. The van der Waals surface area contributed by atoms with E-state index in [4.69, 9.17) is 22.6 Å². The number of anilines is 1. The van der Waals surface area contributed by atoms with Crippen LogP contribution in [0, 0.1) is 11.3 Å². The van der Waals surface area contributed by atoms with Crippen LogP contribution in [0.3, 0.4) is 0 Å². The largest absolute Gasteiger partial charge is 0.399 e. The maximum atomic E-state index is 11.9. The molecule has 2 N–H and O–H groups in total. The van der Waals surface area contributed by atoms with Crippen LogP contribution in [0.1, 0.15) is 16.8 Å². The SMILES string of the molecule is CN(CCC#N)C(=O)c1cc(N)cc(Cl)c1. The summed E-state index contributed by atoms with van der Waals surface area (Å²) in [6.07, 6.45) is 0.304. The molecule has 0 atom stereocenters. The lowest BCUT2D eigenvalue weighted by Crippen LogP contribution is -2.27. The van der Waals surface area contributed by atoms with E-state index in [1.54, 1.807) is 25.2 Å². The molecule has 0 saturated heterocycles. The van der Waals surface area contributed by atoms with Crippen molar-refractivity contribution in [2.75, 3.05) is 19.3 Å². The fraction of sp³-hybridized carbons (Fsp3) is 0.273. The molecule has 1 rings (SSSR count). The van der Waals surface area contributed by atoms with E-state index in [1.165, 1.54) is 4.90 Å². The van der Waals surface area contributed by atoms with Crippen LogP contribution in [0.5, 0.6) is 0 Å². The maximum absolute atomic E-state index is 11.9. The highest BCUT2D eigenvalue weighted by atomic mass is 35.5. The highest BCUT2D eigenvalue weighted by molar-refractivity contribution is 6.31. The van der Waals surface area contributed by atoms with Crippen LogP contribution >= 0.6 is 11.6 Å².